The van der Waals surface area contributed by atoms with E-state index in [1.165, 1.54) is 0 Å². The number of fused-ring (bicyclic) bond motifs is 1. The maximum atomic E-state index is 12.8. The third-order valence-electron chi connectivity index (χ3n) is 3.76. The van der Waals surface area contributed by atoms with E-state index in [0.717, 1.165) is 0 Å². The van der Waals surface area contributed by atoms with E-state index < -0.39 is 23.8 Å². The molecule has 0 radical (unpaired) electrons. The molecule has 0 aliphatic carbocycles. The minimum absolute atomic E-state index is 0.0512. The largest absolute Gasteiger partial charge is 0.444 e. The number of hydrogen-bond donors (Lipinski definition) is 1. The van der Waals surface area contributed by atoms with Crippen molar-refractivity contribution in [2.75, 3.05) is 12.0 Å². The summed E-state index contributed by atoms with van der Waals surface area (Å²) in [6, 6.07) is 3.81. The maximum absolute atomic E-state index is 12.8. The Morgan fingerprint density at radius 1 is 1.29 bits per heavy atom. The molecule has 0 saturated heterocycles. The summed E-state index contributed by atoms with van der Waals surface area (Å²) >= 11 is 7.00. The van der Waals surface area contributed by atoms with Crippen LogP contribution in [-0.4, -0.2) is 46.4 Å². The Morgan fingerprint density at radius 2 is 2.00 bits per heavy atom. The third kappa shape index (κ3) is 6.20. The third-order valence-corrected chi connectivity index (χ3v) is 4.77. The Kier molecular flexibility index (Phi) is 7.42. The van der Waals surface area contributed by atoms with Gasteiger partial charge in [0.05, 0.1) is 11.4 Å². The number of rotatable bonds is 8. The molecule has 9 heteroatoms. The fourth-order valence-electron chi connectivity index (χ4n) is 2.56. The van der Waals surface area contributed by atoms with Gasteiger partial charge in [0.25, 0.3) is 0 Å². The van der Waals surface area contributed by atoms with Crippen molar-refractivity contribution in [3.63, 3.8) is 0 Å². The van der Waals surface area contributed by atoms with E-state index in [4.69, 9.17) is 17.0 Å². The zero-order valence-electron chi connectivity index (χ0n) is 16.3. The minimum Gasteiger partial charge on any atom is -0.444 e. The lowest BCUT2D eigenvalue weighted by Crippen LogP contribution is -2.44. The highest BCUT2D eigenvalue weighted by molar-refractivity contribution is 7.98. The Labute approximate surface area is 173 Å². The van der Waals surface area contributed by atoms with Crippen LogP contribution >= 0.6 is 24.0 Å². The number of ether oxygens (including phenoxy) is 1. The molecule has 1 N–H and O–H groups in total. The molecule has 1 aromatic rings. The first-order valence-corrected chi connectivity index (χ1v) is 10.6. The van der Waals surface area contributed by atoms with Crippen molar-refractivity contribution in [2.24, 2.45) is 9.98 Å². The molecule has 0 bridgehead atoms. The van der Waals surface area contributed by atoms with Crippen LogP contribution in [-0.2, 0) is 9.53 Å². The molecule has 0 fully saturated rings. The number of benzene rings is 1. The standard InChI is InChI=1S/C19H23N3O4S2/c1-19(2,3)26-18(25)21-12(8-9-28-4)14(23)10-15(27)11-6-5-7-13-16(11)22-17(24)20-13/h5-7,12H,8-10H2,1-4H3,(H,21,25)/t12-/m0/s1. The number of nitrogens with one attached hydrogen (secondary N) is 1. The predicted octanol–water partition coefficient (Wildman–Crippen LogP) is 2.38. The van der Waals surface area contributed by atoms with E-state index >= 15 is 0 Å². The molecule has 150 valence electrons. The van der Waals surface area contributed by atoms with Crippen LogP contribution in [0.3, 0.4) is 0 Å². The highest BCUT2D eigenvalue weighted by Crippen LogP contribution is 2.11. The quantitative estimate of drug-likeness (QED) is 0.511. The Hall–Kier alpha value is -2.13. The number of para-hydroxylation sites is 1. The molecule has 3 amide bonds. The molecule has 28 heavy (non-hydrogen) atoms. The number of ketones is 1. The van der Waals surface area contributed by atoms with Gasteiger partial charge in [-0.05, 0) is 45.3 Å². The summed E-state index contributed by atoms with van der Waals surface area (Å²) in [4.78, 5) is 44.4. The summed E-state index contributed by atoms with van der Waals surface area (Å²) in [5.41, 5.74) is -0.120. The van der Waals surface area contributed by atoms with Crippen LogP contribution < -0.4 is 16.0 Å². The van der Waals surface area contributed by atoms with Gasteiger partial charge in [0.15, 0.2) is 5.78 Å². The smallest absolute Gasteiger partial charge is 0.408 e. The molecule has 0 saturated carbocycles. The highest BCUT2D eigenvalue weighted by Gasteiger charge is 2.25. The lowest BCUT2D eigenvalue weighted by atomic mass is 10.0. The van der Waals surface area contributed by atoms with Gasteiger partial charge in [-0.2, -0.15) is 21.7 Å². The summed E-state index contributed by atoms with van der Waals surface area (Å²) in [5, 5.41) is 3.49. The van der Waals surface area contributed by atoms with Gasteiger partial charge >= 0.3 is 12.1 Å². The lowest BCUT2D eigenvalue weighted by Gasteiger charge is -2.23. The van der Waals surface area contributed by atoms with E-state index in [1.807, 2.05) is 6.26 Å². The van der Waals surface area contributed by atoms with Crippen LogP contribution in [0.5, 0.6) is 0 Å². The number of Topliss-reactive ketones (excluding diaryl/α,β-unsaturated/α-hetero) is 1. The molecule has 1 atom stereocenters. The highest BCUT2D eigenvalue weighted by atomic mass is 32.2. The van der Waals surface area contributed by atoms with Crippen LogP contribution in [0.25, 0.3) is 0 Å². The molecule has 0 aromatic heterocycles. The van der Waals surface area contributed by atoms with Gasteiger partial charge in [0, 0.05) is 16.8 Å². The molecule has 0 spiro atoms. The zero-order chi connectivity index (χ0) is 20.9. The van der Waals surface area contributed by atoms with Crippen LogP contribution in [0.4, 0.5) is 9.59 Å². The number of hydrogen-bond acceptors (Lipinski definition) is 6. The van der Waals surface area contributed by atoms with E-state index in [2.05, 4.69) is 15.3 Å². The van der Waals surface area contributed by atoms with Crippen LogP contribution in [0.2, 0.25) is 0 Å². The second-order valence-electron chi connectivity index (χ2n) is 7.23. The van der Waals surface area contributed by atoms with Gasteiger partial charge in [-0.3, -0.25) is 4.79 Å². The first kappa shape index (κ1) is 22.2. The molecule has 1 aromatic carbocycles. The van der Waals surface area contributed by atoms with Crippen LogP contribution in [0, 0.1) is 0 Å². The molecule has 7 nitrogen and oxygen atoms in total. The fraction of sp³-hybridized carbons (Fsp3) is 0.474. The summed E-state index contributed by atoms with van der Waals surface area (Å²) in [7, 11) is 0. The molecule has 1 heterocycles. The molecule has 1 aliphatic rings. The van der Waals surface area contributed by atoms with E-state index in [0.29, 0.717) is 33.3 Å². The molecule has 0 unspecified atom stereocenters. The van der Waals surface area contributed by atoms with E-state index in [-0.39, 0.29) is 12.2 Å². The van der Waals surface area contributed by atoms with Crippen molar-refractivity contribution in [3.8, 4) is 0 Å². The average molecular weight is 422 g/mol. The van der Waals surface area contributed by atoms with E-state index in [9.17, 15) is 14.4 Å². The number of amides is 3. The van der Waals surface area contributed by atoms with Crippen molar-refractivity contribution < 1.29 is 19.1 Å². The monoisotopic (exact) mass is 421 g/mol. The second kappa shape index (κ2) is 9.38. The number of alkyl carbamates (subject to hydrolysis) is 1. The normalized spacial score (nSPS) is 13.8. The summed E-state index contributed by atoms with van der Waals surface area (Å²) in [5.74, 6) is 0.478. The van der Waals surface area contributed by atoms with Crippen LogP contribution in [0.15, 0.2) is 28.2 Å². The number of nitrogens with zero attached hydrogens (tertiary/aromatic N) is 2. The number of urea groups is 1. The van der Waals surface area contributed by atoms with Crippen molar-refractivity contribution in [1.29, 1.82) is 0 Å². The minimum atomic E-state index is -0.708. The Balaban J connectivity index is 2.13. The Bertz CT molecular complexity index is 922. The number of thiocarbonyl (C=S) groups is 1. The predicted molar refractivity (Wildman–Crippen MR) is 112 cm³/mol. The summed E-state index contributed by atoms with van der Waals surface area (Å²) in [6.45, 7) is 5.27. The molecular formula is C19H23N3O4S2. The second-order valence-corrected chi connectivity index (χ2v) is 8.70. The Morgan fingerprint density at radius 3 is 2.64 bits per heavy atom. The fourth-order valence-corrected chi connectivity index (χ4v) is 3.34. The first-order chi connectivity index (χ1) is 13.1. The number of carbonyl (C=O) groups is 3. The van der Waals surface area contributed by atoms with Gasteiger partial charge in [-0.25, -0.2) is 9.59 Å². The molecule has 2 rings (SSSR count). The zero-order valence-corrected chi connectivity index (χ0v) is 17.9. The van der Waals surface area contributed by atoms with Gasteiger partial charge < -0.3 is 10.1 Å². The average Bonchev–Trinajstić information content (AvgIpc) is 2.96. The topological polar surface area (TPSA) is 97.2 Å². The number of thioether (sulfide) groups is 1. The van der Waals surface area contributed by atoms with Crippen molar-refractivity contribution in [3.05, 3.63) is 34.5 Å². The molecule has 1 aliphatic heterocycles. The van der Waals surface area contributed by atoms with Gasteiger partial charge in [0.2, 0.25) is 0 Å². The van der Waals surface area contributed by atoms with Crippen LogP contribution in [0.1, 0.15) is 39.2 Å². The SMILES string of the molecule is CSCC[C@H](NC(=O)OC(C)(C)C)C(=O)CC(=S)c1cccc2c1=NC(=O)N=2. The van der Waals surface area contributed by atoms with Crippen molar-refractivity contribution in [1.82, 2.24) is 5.32 Å². The maximum Gasteiger partial charge on any atom is 0.408 e. The van der Waals surface area contributed by atoms with Gasteiger partial charge in [-0.1, -0.05) is 24.4 Å². The lowest BCUT2D eigenvalue weighted by molar-refractivity contribution is -0.120. The summed E-state index contributed by atoms with van der Waals surface area (Å²) in [6.07, 6.45) is 1.70. The van der Waals surface area contributed by atoms with Crippen molar-refractivity contribution >= 4 is 46.8 Å². The van der Waals surface area contributed by atoms with Crippen molar-refractivity contribution in [2.45, 2.75) is 45.3 Å². The number of carbonyl (C=O) groups excluding carboxylic acids is 3. The first-order valence-electron chi connectivity index (χ1n) is 8.75. The summed E-state index contributed by atoms with van der Waals surface area (Å²) < 4.78 is 5.25. The molecular weight excluding hydrogens is 398 g/mol. The van der Waals surface area contributed by atoms with Gasteiger partial charge in [-0.15, -0.1) is 0 Å². The van der Waals surface area contributed by atoms with Gasteiger partial charge in [0.1, 0.15) is 11.0 Å². The van der Waals surface area contributed by atoms with E-state index in [1.54, 1.807) is 50.7 Å².